The predicted octanol–water partition coefficient (Wildman–Crippen LogP) is 5.50. The lowest BCUT2D eigenvalue weighted by molar-refractivity contribution is 0.721. The van der Waals surface area contributed by atoms with E-state index in [-0.39, 0.29) is 0 Å². The quantitative estimate of drug-likeness (QED) is 0.539. The smallest absolute Gasteiger partial charge is 0.0620 e. The molecule has 0 amide bonds. The molecule has 1 aliphatic heterocycles. The zero-order chi connectivity index (χ0) is 16.7. The molecule has 5 rings (SSSR count). The minimum absolute atomic E-state index is 0.774. The molecule has 1 heteroatoms. The first-order valence-electron chi connectivity index (χ1n) is 9.45. The molecule has 0 saturated heterocycles. The van der Waals surface area contributed by atoms with Gasteiger partial charge in [0.05, 0.1) is 29.7 Å². The van der Waals surface area contributed by atoms with Crippen molar-refractivity contribution >= 4 is 17.9 Å². The molecule has 2 atom stereocenters. The Morgan fingerprint density at radius 3 is 1.92 bits per heavy atom. The maximum Gasteiger partial charge on any atom is 0.0998 e. The van der Waals surface area contributed by atoms with Crippen LogP contribution in [0.25, 0.3) is 0 Å². The maximum atomic E-state index is 2.40. The molecule has 1 aliphatic carbocycles. The summed E-state index contributed by atoms with van der Waals surface area (Å²) in [7, 11) is -1.44. The Kier molecular flexibility index (Phi) is 3.75. The molecule has 0 N–H and O–H groups in total. The van der Waals surface area contributed by atoms with Gasteiger partial charge in [-0.15, -0.1) is 0 Å². The van der Waals surface area contributed by atoms with Gasteiger partial charge in [-0.2, -0.15) is 0 Å². The van der Waals surface area contributed by atoms with Crippen LogP contribution in [-0.4, -0.2) is 5.66 Å². The Morgan fingerprint density at radius 2 is 1.24 bits per heavy atom. The van der Waals surface area contributed by atoms with Crippen molar-refractivity contribution < 1.29 is 0 Å². The van der Waals surface area contributed by atoms with Crippen molar-refractivity contribution in [1.29, 1.82) is 0 Å². The summed E-state index contributed by atoms with van der Waals surface area (Å²) in [5.41, 5.74) is 4.07. The molecule has 25 heavy (non-hydrogen) atoms. The lowest BCUT2D eigenvalue weighted by atomic mass is 9.94. The van der Waals surface area contributed by atoms with Crippen LogP contribution in [0.1, 0.15) is 36.3 Å². The monoisotopic (exact) mass is 343 g/mol. The highest BCUT2D eigenvalue weighted by Gasteiger charge is 2.55. The van der Waals surface area contributed by atoms with Gasteiger partial charge in [-0.1, -0.05) is 60.7 Å². The van der Waals surface area contributed by atoms with Crippen LogP contribution in [0.2, 0.25) is 0 Å². The molecule has 3 aromatic carbocycles. The van der Waals surface area contributed by atoms with E-state index in [4.69, 9.17) is 0 Å². The lowest BCUT2D eigenvalue weighted by Gasteiger charge is -2.32. The molecule has 0 nitrogen and oxygen atoms in total. The second-order valence-corrected chi connectivity index (χ2v) is 11.4. The average molecular weight is 343 g/mol. The highest BCUT2D eigenvalue weighted by molar-refractivity contribution is 7.89. The predicted molar refractivity (Wildman–Crippen MR) is 110 cm³/mol. The van der Waals surface area contributed by atoms with Crippen molar-refractivity contribution in [3.63, 3.8) is 0 Å². The van der Waals surface area contributed by atoms with Crippen molar-refractivity contribution in [1.82, 2.24) is 0 Å². The van der Waals surface area contributed by atoms with E-state index in [1.165, 1.54) is 25.4 Å². The van der Waals surface area contributed by atoms with Crippen molar-refractivity contribution in [3.8, 4) is 0 Å². The molecule has 2 bridgehead atoms. The Morgan fingerprint density at radius 1 is 0.640 bits per heavy atom. The molecule has 0 radical (unpaired) electrons. The van der Waals surface area contributed by atoms with Crippen molar-refractivity contribution in [2.24, 2.45) is 0 Å². The first kappa shape index (κ1) is 15.4. The van der Waals surface area contributed by atoms with Gasteiger partial charge in [0.2, 0.25) is 0 Å². The van der Waals surface area contributed by atoms with Crippen LogP contribution in [0.4, 0.5) is 0 Å². The van der Waals surface area contributed by atoms with Gasteiger partial charge in [0.15, 0.2) is 0 Å². The molecule has 0 spiro atoms. The molecule has 3 aromatic rings. The van der Waals surface area contributed by atoms with Gasteiger partial charge in [-0.05, 0) is 60.6 Å². The molecule has 2 aliphatic rings. The zero-order valence-electron chi connectivity index (χ0n) is 14.5. The van der Waals surface area contributed by atoms with Gasteiger partial charge in [0.25, 0.3) is 0 Å². The van der Waals surface area contributed by atoms with Gasteiger partial charge in [0, 0.05) is 0 Å². The van der Waals surface area contributed by atoms with Crippen LogP contribution >= 0.6 is 7.26 Å². The summed E-state index contributed by atoms with van der Waals surface area (Å²) in [4.78, 5) is 0. The van der Waals surface area contributed by atoms with Gasteiger partial charge in [-0.3, -0.25) is 0 Å². The molecule has 0 unspecified atom stereocenters. The van der Waals surface area contributed by atoms with Crippen LogP contribution in [0, 0.1) is 0 Å². The molecule has 1 heterocycles. The SMILES string of the molecule is c1ccc([P+]2(c3ccccc3)Cc3ccccc3[C@H]3CC[C@@H]2C3)cc1. The minimum atomic E-state index is -1.44. The van der Waals surface area contributed by atoms with Gasteiger partial charge in [0.1, 0.15) is 0 Å². The Balaban J connectivity index is 1.79. The van der Waals surface area contributed by atoms with E-state index >= 15 is 0 Å². The van der Waals surface area contributed by atoms with Gasteiger partial charge >= 0.3 is 0 Å². The number of benzene rings is 3. The molecule has 0 aromatic heterocycles. The zero-order valence-corrected chi connectivity index (χ0v) is 15.4. The highest BCUT2D eigenvalue weighted by atomic mass is 31.2. The van der Waals surface area contributed by atoms with Gasteiger partial charge < -0.3 is 0 Å². The van der Waals surface area contributed by atoms with Crippen LogP contribution in [0.15, 0.2) is 84.9 Å². The third-order valence-corrected chi connectivity index (χ3v) is 11.4. The fraction of sp³-hybridized carbons (Fsp3) is 0.250. The van der Waals surface area contributed by atoms with Crippen molar-refractivity contribution in [2.75, 3.05) is 0 Å². The van der Waals surface area contributed by atoms with E-state index in [0.29, 0.717) is 0 Å². The van der Waals surface area contributed by atoms with Crippen LogP contribution in [0.5, 0.6) is 0 Å². The first-order chi connectivity index (χ1) is 12.4. The summed E-state index contributed by atoms with van der Waals surface area (Å²) in [5.74, 6) is 0.774. The standard InChI is InChI=1S/C24H24P/c1-3-10-21(11-4-1)25(22-12-5-2-6-13-22)18-20-9-7-8-14-24(20)19-15-16-23(25)17-19/h1-14,19,23H,15-18H2/q+1/t19-,23+/m0/s1. The molecular weight excluding hydrogens is 319 g/mol. The third kappa shape index (κ3) is 2.39. The topological polar surface area (TPSA) is 0 Å². The summed E-state index contributed by atoms with van der Waals surface area (Å²) < 4.78 is 0. The summed E-state index contributed by atoms with van der Waals surface area (Å²) >= 11 is 0. The van der Waals surface area contributed by atoms with E-state index in [2.05, 4.69) is 84.9 Å². The Bertz CT molecular complexity index is 829. The largest absolute Gasteiger partial charge is 0.0998 e. The van der Waals surface area contributed by atoms with E-state index < -0.39 is 7.26 Å². The summed E-state index contributed by atoms with van der Waals surface area (Å²) in [6.45, 7) is 0. The molecule has 1 fully saturated rings. The Hall–Kier alpha value is -1.91. The lowest BCUT2D eigenvalue weighted by Crippen LogP contribution is -2.31. The fourth-order valence-electron chi connectivity index (χ4n) is 5.26. The molecule has 1 saturated carbocycles. The number of fused-ring (bicyclic) bond motifs is 4. The van der Waals surface area contributed by atoms with Crippen LogP contribution in [-0.2, 0) is 6.16 Å². The van der Waals surface area contributed by atoms with Crippen LogP contribution in [0.3, 0.4) is 0 Å². The van der Waals surface area contributed by atoms with E-state index in [1.807, 2.05) is 0 Å². The number of hydrogen-bond donors (Lipinski definition) is 0. The Labute approximate surface area is 151 Å². The molecular formula is C24H24P+. The van der Waals surface area contributed by atoms with E-state index in [9.17, 15) is 0 Å². The summed E-state index contributed by atoms with van der Waals surface area (Å²) in [6.07, 6.45) is 5.35. The fourth-order valence-corrected chi connectivity index (χ4v) is 10.5. The first-order valence-corrected chi connectivity index (χ1v) is 11.5. The maximum absolute atomic E-state index is 2.40. The average Bonchev–Trinajstić information content (AvgIpc) is 3.12. The van der Waals surface area contributed by atoms with Crippen molar-refractivity contribution in [3.05, 3.63) is 96.1 Å². The minimum Gasteiger partial charge on any atom is -0.0620 e. The van der Waals surface area contributed by atoms with Gasteiger partial charge in [-0.25, -0.2) is 0 Å². The number of hydrogen-bond acceptors (Lipinski definition) is 0. The summed E-state index contributed by atoms with van der Waals surface area (Å²) in [5, 5.41) is 3.20. The second-order valence-electron chi connectivity index (χ2n) is 7.56. The highest BCUT2D eigenvalue weighted by Crippen LogP contribution is 2.70. The number of rotatable bonds is 2. The summed E-state index contributed by atoms with van der Waals surface area (Å²) in [6, 6.07) is 32.2. The van der Waals surface area contributed by atoms with E-state index in [1.54, 1.807) is 21.7 Å². The third-order valence-electron chi connectivity index (χ3n) is 6.38. The van der Waals surface area contributed by atoms with Crippen molar-refractivity contribution in [2.45, 2.75) is 37.0 Å². The van der Waals surface area contributed by atoms with E-state index in [0.717, 1.165) is 11.6 Å². The van der Waals surface area contributed by atoms with Crippen LogP contribution < -0.4 is 10.6 Å². The second kappa shape index (κ2) is 6.11. The molecule has 124 valence electrons. The normalized spacial score (nSPS) is 23.7.